The molecule has 19 heavy (non-hydrogen) atoms. The van der Waals surface area contributed by atoms with Crippen LogP contribution in [0.4, 0.5) is 4.79 Å². The maximum absolute atomic E-state index is 11.1. The quantitative estimate of drug-likeness (QED) is 0.281. The number of allylic oxidation sites excluding steroid dienone is 1. The molecule has 0 spiro atoms. The zero-order chi connectivity index (χ0) is 14.3. The first-order valence-corrected chi connectivity index (χ1v) is 7.57. The van der Waals surface area contributed by atoms with Gasteiger partial charge >= 0.3 is 6.16 Å². The van der Waals surface area contributed by atoms with E-state index in [0.717, 1.165) is 19.3 Å². The first-order chi connectivity index (χ1) is 9.16. The molecule has 0 atom stereocenters. The van der Waals surface area contributed by atoms with Gasteiger partial charge in [0.2, 0.25) is 0 Å². The van der Waals surface area contributed by atoms with Crippen LogP contribution in [0.25, 0.3) is 0 Å². The third-order valence-electron chi connectivity index (χ3n) is 2.81. The minimum absolute atomic E-state index is 0.355. The molecule has 112 valence electrons. The Morgan fingerprint density at radius 1 is 1.00 bits per heavy atom. The minimum atomic E-state index is -0.530. The standard InChI is InChI=1S/C16H30O3/c1-4-5-6-7-8-9-10-11-12-13-18-16(17)19-14-15(2)3/h4,15H,1,5-14H2,2-3H3. The molecule has 0 heterocycles. The molecule has 0 rings (SSSR count). The molecule has 0 aliphatic rings. The Labute approximate surface area is 118 Å². The molecule has 0 radical (unpaired) electrons. The van der Waals surface area contributed by atoms with Crippen molar-refractivity contribution in [3.8, 4) is 0 Å². The largest absolute Gasteiger partial charge is 0.508 e. The van der Waals surface area contributed by atoms with Gasteiger partial charge in [0, 0.05) is 0 Å². The van der Waals surface area contributed by atoms with E-state index >= 15 is 0 Å². The summed E-state index contributed by atoms with van der Waals surface area (Å²) in [6.07, 6.45) is 11.0. The molecule has 0 fully saturated rings. The van der Waals surface area contributed by atoms with Crippen LogP contribution >= 0.6 is 0 Å². The Bertz CT molecular complexity index is 224. The summed E-state index contributed by atoms with van der Waals surface area (Å²) in [5.41, 5.74) is 0. The Kier molecular flexibility index (Phi) is 12.7. The summed E-state index contributed by atoms with van der Waals surface area (Å²) in [5, 5.41) is 0. The van der Waals surface area contributed by atoms with Gasteiger partial charge in [0.05, 0.1) is 13.2 Å². The Balaban J connectivity index is 3.13. The van der Waals surface area contributed by atoms with Crippen LogP contribution in [0.5, 0.6) is 0 Å². The molecule has 0 aromatic heterocycles. The molecule has 0 unspecified atom stereocenters. The third kappa shape index (κ3) is 15.0. The molecular formula is C16H30O3. The molecule has 0 saturated heterocycles. The lowest BCUT2D eigenvalue weighted by Crippen LogP contribution is -2.12. The van der Waals surface area contributed by atoms with Crippen molar-refractivity contribution < 1.29 is 14.3 Å². The molecule has 0 aromatic rings. The molecule has 0 aromatic carbocycles. The number of hydrogen-bond acceptors (Lipinski definition) is 3. The highest BCUT2D eigenvalue weighted by Crippen LogP contribution is 2.08. The number of unbranched alkanes of at least 4 members (excludes halogenated alkanes) is 7. The monoisotopic (exact) mass is 270 g/mol. The molecule has 0 saturated carbocycles. The maximum Gasteiger partial charge on any atom is 0.508 e. The number of carbonyl (C=O) groups excluding carboxylic acids is 1. The van der Waals surface area contributed by atoms with Gasteiger partial charge in [0.1, 0.15) is 0 Å². The van der Waals surface area contributed by atoms with E-state index in [1.165, 1.54) is 32.1 Å². The Hall–Kier alpha value is -0.990. The molecule has 3 nitrogen and oxygen atoms in total. The van der Waals surface area contributed by atoms with E-state index in [4.69, 9.17) is 9.47 Å². The number of rotatable bonds is 12. The first-order valence-electron chi connectivity index (χ1n) is 7.57. The molecule has 0 N–H and O–H groups in total. The van der Waals surface area contributed by atoms with E-state index in [2.05, 4.69) is 6.58 Å². The summed E-state index contributed by atoms with van der Waals surface area (Å²) in [7, 11) is 0. The lowest BCUT2D eigenvalue weighted by molar-refractivity contribution is 0.0465. The van der Waals surface area contributed by atoms with E-state index in [1.54, 1.807) is 0 Å². The number of hydrogen-bond donors (Lipinski definition) is 0. The fraction of sp³-hybridized carbons (Fsp3) is 0.812. The molecule has 0 aliphatic carbocycles. The zero-order valence-electron chi connectivity index (χ0n) is 12.7. The summed E-state index contributed by atoms with van der Waals surface area (Å²) < 4.78 is 9.90. The van der Waals surface area contributed by atoms with E-state index in [1.807, 2.05) is 19.9 Å². The number of ether oxygens (including phenoxy) is 2. The predicted octanol–water partition coefficient (Wildman–Crippen LogP) is 5.10. The Morgan fingerprint density at radius 3 is 2.16 bits per heavy atom. The van der Waals surface area contributed by atoms with Crippen LogP contribution in [-0.4, -0.2) is 19.4 Å². The van der Waals surface area contributed by atoms with Crippen molar-refractivity contribution in [2.24, 2.45) is 5.92 Å². The summed E-state index contributed by atoms with van der Waals surface area (Å²) in [6.45, 7) is 8.63. The second-order valence-corrected chi connectivity index (χ2v) is 5.36. The van der Waals surface area contributed by atoms with Gasteiger partial charge < -0.3 is 9.47 Å². The van der Waals surface area contributed by atoms with Gasteiger partial charge in [-0.2, -0.15) is 0 Å². The average molecular weight is 270 g/mol. The van der Waals surface area contributed by atoms with Gasteiger partial charge in [-0.05, 0) is 25.2 Å². The van der Waals surface area contributed by atoms with Gasteiger partial charge in [-0.15, -0.1) is 6.58 Å². The van der Waals surface area contributed by atoms with Crippen LogP contribution in [0.3, 0.4) is 0 Å². The lowest BCUT2D eigenvalue weighted by Gasteiger charge is -2.07. The van der Waals surface area contributed by atoms with Crippen LogP contribution in [0.1, 0.15) is 65.2 Å². The van der Waals surface area contributed by atoms with Gasteiger partial charge in [-0.3, -0.25) is 0 Å². The van der Waals surface area contributed by atoms with Crippen molar-refractivity contribution >= 4 is 6.16 Å². The molecule has 0 amide bonds. The highest BCUT2D eigenvalue weighted by molar-refractivity contribution is 5.59. The second kappa shape index (κ2) is 13.4. The van der Waals surface area contributed by atoms with Crippen molar-refractivity contribution in [2.75, 3.05) is 13.2 Å². The minimum Gasteiger partial charge on any atom is -0.434 e. The number of carbonyl (C=O) groups is 1. The second-order valence-electron chi connectivity index (χ2n) is 5.36. The normalized spacial score (nSPS) is 10.5. The van der Waals surface area contributed by atoms with E-state index < -0.39 is 6.16 Å². The smallest absolute Gasteiger partial charge is 0.434 e. The van der Waals surface area contributed by atoms with Crippen LogP contribution in [0.2, 0.25) is 0 Å². The van der Waals surface area contributed by atoms with Crippen molar-refractivity contribution in [1.82, 2.24) is 0 Å². The Morgan fingerprint density at radius 2 is 1.58 bits per heavy atom. The summed E-state index contributed by atoms with van der Waals surface area (Å²) in [5.74, 6) is 0.355. The highest BCUT2D eigenvalue weighted by atomic mass is 16.7. The van der Waals surface area contributed by atoms with Crippen LogP contribution < -0.4 is 0 Å². The van der Waals surface area contributed by atoms with E-state index in [-0.39, 0.29) is 0 Å². The predicted molar refractivity (Wildman–Crippen MR) is 79.3 cm³/mol. The highest BCUT2D eigenvalue weighted by Gasteiger charge is 2.04. The van der Waals surface area contributed by atoms with Crippen molar-refractivity contribution in [3.05, 3.63) is 12.7 Å². The summed E-state index contributed by atoms with van der Waals surface area (Å²) >= 11 is 0. The van der Waals surface area contributed by atoms with Gasteiger partial charge in [-0.25, -0.2) is 4.79 Å². The third-order valence-corrected chi connectivity index (χ3v) is 2.81. The van der Waals surface area contributed by atoms with Crippen molar-refractivity contribution in [3.63, 3.8) is 0 Å². The van der Waals surface area contributed by atoms with Crippen molar-refractivity contribution in [2.45, 2.75) is 65.2 Å². The topological polar surface area (TPSA) is 35.5 Å². The van der Waals surface area contributed by atoms with Crippen molar-refractivity contribution in [1.29, 1.82) is 0 Å². The lowest BCUT2D eigenvalue weighted by atomic mass is 10.1. The van der Waals surface area contributed by atoms with E-state index in [0.29, 0.717) is 19.1 Å². The van der Waals surface area contributed by atoms with E-state index in [9.17, 15) is 4.79 Å². The fourth-order valence-electron chi connectivity index (χ4n) is 1.71. The first kappa shape index (κ1) is 18.0. The van der Waals surface area contributed by atoms with Crippen LogP contribution in [0, 0.1) is 5.92 Å². The summed E-state index contributed by atoms with van der Waals surface area (Å²) in [4.78, 5) is 11.1. The maximum atomic E-state index is 11.1. The SMILES string of the molecule is C=CCCCCCCCCCOC(=O)OCC(C)C. The zero-order valence-corrected chi connectivity index (χ0v) is 12.7. The van der Waals surface area contributed by atoms with Crippen LogP contribution in [0.15, 0.2) is 12.7 Å². The van der Waals surface area contributed by atoms with Gasteiger partial charge in [-0.1, -0.05) is 52.0 Å². The molecule has 0 bridgehead atoms. The van der Waals surface area contributed by atoms with Gasteiger partial charge in [0.15, 0.2) is 0 Å². The fourth-order valence-corrected chi connectivity index (χ4v) is 1.71. The molecular weight excluding hydrogens is 240 g/mol. The average Bonchev–Trinajstić information content (AvgIpc) is 2.38. The molecule has 0 aliphatic heterocycles. The summed E-state index contributed by atoms with van der Waals surface area (Å²) in [6, 6.07) is 0. The molecule has 3 heteroatoms. The van der Waals surface area contributed by atoms with Gasteiger partial charge in [0.25, 0.3) is 0 Å². The van der Waals surface area contributed by atoms with Crippen LogP contribution in [-0.2, 0) is 9.47 Å².